The molecule has 0 radical (unpaired) electrons. The second-order valence-corrected chi connectivity index (χ2v) is 9.71. The minimum atomic E-state index is -1.06. The number of hydrogen-bond donors (Lipinski definition) is 1. The number of aromatic carboxylic acids is 1. The van der Waals surface area contributed by atoms with Gasteiger partial charge >= 0.3 is 5.97 Å². The number of aryl methyl sites for hydroxylation is 1. The highest BCUT2D eigenvalue weighted by Crippen LogP contribution is 2.29. The summed E-state index contributed by atoms with van der Waals surface area (Å²) in [6, 6.07) is 11.8. The zero-order valence-electron chi connectivity index (χ0n) is 21.6. The number of nitrogens with zero attached hydrogens (tertiary/aromatic N) is 5. The van der Waals surface area contributed by atoms with Gasteiger partial charge < -0.3 is 23.7 Å². The first-order chi connectivity index (χ1) is 19.3. The van der Waals surface area contributed by atoms with E-state index in [9.17, 15) is 9.90 Å². The van der Waals surface area contributed by atoms with Gasteiger partial charge in [0.05, 0.1) is 47.0 Å². The number of imidazole rings is 2. The number of carboxylic acid groups (broad SMARTS) is 1. The Hall–Kier alpha value is -4.64. The number of pyridine rings is 1. The molecular weight excluding hydrogens is 520 g/mol. The van der Waals surface area contributed by atoms with Crippen molar-refractivity contribution in [3.05, 3.63) is 95.3 Å². The fraction of sp³-hybridized carbons (Fsp3) is 0.241. The predicted molar refractivity (Wildman–Crippen MR) is 141 cm³/mol. The maximum Gasteiger partial charge on any atom is 0.335 e. The van der Waals surface area contributed by atoms with Crippen LogP contribution in [-0.2, 0) is 31.4 Å². The van der Waals surface area contributed by atoms with E-state index in [1.165, 1.54) is 6.07 Å². The van der Waals surface area contributed by atoms with Crippen LogP contribution >= 0.6 is 0 Å². The lowest BCUT2D eigenvalue weighted by molar-refractivity contribution is -0.0589. The highest BCUT2D eigenvalue weighted by Gasteiger charge is 2.23. The van der Waals surface area contributed by atoms with Gasteiger partial charge in [0.15, 0.2) is 0 Å². The maximum atomic E-state index is 15.4. The van der Waals surface area contributed by atoms with E-state index in [0.29, 0.717) is 35.7 Å². The molecule has 1 fully saturated rings. The summed E-state index contributed by atoms with van der Waals surface area (Å²) in [7, 11) is 1.85. The number of carbonyl (C=O) groups is 1. The predicted octanol–water partition coefficient (Wildman–Crippen LogP) is 4.77. The van der Waals surface area contributed by atoms with Crippen molar-refractivity contribution < 1.29 is 28.2 Å². The van der Waals surface area contributed by atoms with Gasteiger partial charge in [-0.05, 0) is 48.4 Å². The molecule has 1 saturated heterocycles. The molecule has 1 aliphatic rings. The molecule has 1 unspecified atom stereocenters. The Kier molecular flexibility index (Phi) is 6.72. The van der Waals surface area contributed by atoms with Crippen molar-refractivity contribution in [1.82, 2.24) is 24.1 Å². The molecule has 40 heavy (non-hydrogen) atoms. The normalized spacial score (nSPS) is 14.8. The molecule has 0 amide bonds. The van der Waals surface area contributed by atoms with Gasteiger partial charge in [0.2, 0.25) is 5.88 Å². The number of carboxylic acids is 1. The molecule has 5 aromatic rings. The minimum Gasteiger partial charge on any atom is -0.478 e. The van der Waals surface area contributed by atoms with Crippen LogP contribution in [0.4, 0.5) is 8.78 Å². The second-order valence-electron chi connectivity index (χ2n) is 9.71. The zero-order valence-corrected chi connectivity index (χ0v) is 21.6. The molecule has 204 valence electrons. The first-order valence-electron chi connectivity index (χ1n) is 12.7. The fourth-order valence-corrected chi connectivity index (χ4v) is 4.70. The molecule has 9 nitrogen and oxygen atoms in total. The van der Waals surface area contributed by atoms with Crippen LogP contribution in [0.25, 0.3) is 22.3 Å². The number of rotatable bonds is 9. The molecular formula is C29H25F2N5O4. The van der Waals surface area contributed by atoms with Gasteiger partial charge in [-0.15, -0.1) is 0 Å². The summed E-state index contributed by atoms with van der Waals surface area (Å²) >= 11 is 0. The zero-order chi connectivity index (χ0) is 27.8. The molecule has 1 aliphatic heterocycles. The Balaban J connectivity index is 1.28. The van der Waals surface area contributed by atoms with E-state index in [0.717, 1.165) is 18.6 Å². The van der Waals surface area contributed by atoms with Crippen molar-refractivity contribution in [2.75, 3.05) is 6.61 Å². The number of benzene rings is 2. The first kappa shape index (κ1) is 25.6. The summed E-state index contributed by atoms with van der Waals surface area (Å²) in [5.41, 5.74) is 2.37. The average Bonchev–Trinajstić information content (AvgIpc) is 3.49. The molecule has 4 heterocycles. The Bertz CT molecular complexity index is 1730. The summed E-state index contributed by atoms with van der Waals surface area (Å²) in [4.78, 5) is 24.7. The average molecular weight is 546 g/mol. The summed E-state index contributed by atoms with van der Waals surface area (Å²) in [6.07, 6.45) is 4.29. The Morgan fingerprint density at radius 3 is 2.73 bits per heavy atom. The molecule has 11 heteroatoms. The summed E-state index contributed by atoms with van der Waals surface area (Å²) in [6.45, 7) is 1.28. The lowest BCUT2D eigenvalue weighted by atomic mass is 10.0. The topological polar surface area (TPSA) is 104 Å². The van der Waals surface area contributed by atoms with Crippen molar-refractivity contribution in [1.29, 1.82) is 0 Å². The molecule has 1 N–H and O–H groups in total. The third-order valence-corrected chi connectivity index (χ3v) is 6.86. The van der Waals surface area contributed by atoms with Gasteiger partial charge in [0.25, 0.3) is 0 Å². The Morgan fingerprint density at radius 1 is 1.15 bits per heavy atom. The van der Waals surface area contributed by atoms with Crippen molar-refractivity contribution >= 4 is 17.0 Å². The van der Waals surface area contributed by atoms with E-state index in [4.69, 9.17) is 9.47 Å². The van der Waals surface area contributed by atoms with Gasteiger partial charge in [0.1, 0.15) is 24.1 Å². The lowest BCUT2D eigenvalue weighted by Gasteiger charge is -2.27. The van der Waals surface area contributed by atoms with Crippen LogP contribution in [-0.4, -0.2) is 47.9 Å². The third kappa shape index (κ3) is 5.15. The van der Waals surface area contributed by atoms with Crippen LogP contribution in [0.1, 0.15) is 33.9 Å². The van der Waals surface area contributed by atoms with Gasteiger partial charge in [-0.1, -0.05) is 6.07 Å². The molecule has 6 rings (SSSR count). The van der Waals surface area contributed by atoms with E-state index in [1.54, 1.807) is 41.2 Å². The van der Waals surface area contributed by atoms with E-state index < -0.39 is 17.6 Å². The summed E-state index contributed by atoms with van der Waals surface area (Å²) in [5.74, 6) is -1.55. The highest BCUT2D eigenvalue weighted by atomic mass is 19.1. The minimum absolute atomic E-state index is 0.00649. The maximum absolute atomic E-state index is 15.4. The molecule has 0 saturated carbocycles. The quantitative estimate of drug-likeness (QED) is 0.285. The number of ether oxygens (including phenoxy) is 2. The Labute approximate surface area is 227 Å². The number of hydrogen-bond acceptors (Lipinski definition) is 6. The van der Waals surface area contributed by atoms with Gasteiger partial charge in [0, 0.05) is 37.9 Å². The standard InChI is InChI=1S/C29H25F2N5O4/c1-35-13-19(32-16-35)15-40-28-4-2-3-24(34-28)21-12-22(30)18(9-23(21)31)11-27-33-25-6-5-17(29(37)38)10-26(25)36(27)14-20-7-8-39-20/h2-6,9-10,12-13,16,20H,7-8,11,14-15H2,1H3,(H,37,38). The fourth-order valence-electron chi connectivity index (χ4n) is 4.70. The van der Waals surface area contributed by atoms with Crippen molar-refractivity contribution in [2.45, 2.75) is 32.1 Å². The SMILES string of the molecule is Cn1cnc(COc2cccc(-c3cc(F)c(Cc4nc5ccc(C(=O)O)cc5n4CC4CCO4)cc3F)n2)c1. The van der Waals surface area contributed by atoms with Crippen molar-refractivity contribution in [3.63, 3.8) is 0 Å². The van der Waals surface area contributed by atoms with E-state index in [-0.39, 0.29) is 47.4 Å². The molecule has 2 aromatic carbocycles. The Morgan fingerprint density at radius 2 is 2.00 bits per heavy atom. The smallest absolute Gasteiger partial charge is 0.335 e. The summed E-state index contributed by atoms with van der Waals surface area (Å²) in [5, 5.41) is 9.44. The lowest BCUT2D eigenvalue weighted by Crippen LogP contribution is -2.31. The molecule has 1 atom stereocenters. The van der Waals surface area contributed by atoms with E-state index in [1.807, 2.05) is 17.8 Å². The molecule has 0 aliphatic carbocycles. The highest BCUT2D eigenvalue weighted by molar-refractivity contribution is 5.92. The number of halogens is 2. The van der Waals surface area contributed by atoms with Crippen molar-refractivity contribution in [2.24, 2.45) is 7.05 Å². The second kappa shape index (κ2) is 10.5. The first-order valence-corrected chi connectivity index (χ1v) is 12.7. The monoisotopic (exact) mass is 545 g/mol. The number of aromatic nitrogens is 5. The van der Waals surface area contributed by atoms with Crippen LogP contribution in [0.2, 0.25) is 0 Å². The van der Waals surface area contributed by atoms with Crippen LogP contribution in [0, 0.1) is 11.6 Å². The van der Waals surface area contributed by atoms with Crippen molar-refractivity contribution in [3.8, 4) is 17.1 Å². The van der Waals surface area contributed by atoms with Crippen LogP contribution in [0.5, 0.6) is 5.88 Å². The van der Waals surface area contributed by atoms with Crippen LogP contribution in [0.15, 0.2) is 61.1 Å². The van der Waals surface area contributed by atoms with Crippen LogP contribution in [0.3, 0.4) is 0 Å². The molecule has 3 aromatic heterocycles. The molecule has 0 bridgehead atoms. The summed E-state index contributed by atoms with van der Waals surface area (Å²) < 4.78 is 45.6. The molecule has 0 spiro atoms. The number of fused-ring (bicyclic) bond motifs is 1. The van der Waals surface area contributed by atoms with Gasteiger partial charge in [-0.2, -0.15) is 0 Å². The van der Waals surface area contributed by atoms with Gasteiger partial charge in [-0.3, -0.25) is 0 Å². The van der Waals surface area contributed by atoms with E-state index in [2.05, 4.69) is 15.0 Å². The largest absolute Gasteiger partial charge is 0.478 e. The van der Waals surface area contributed by atoms with Crippen LogP contribution < -0.4 is 4.74 Å². The van der Waals surface area contributed by atoms with E-state index >= 15 is 8.78 Å². The van der Waals surface area contributed by atoms with Gasteiger partial charge in [-0.25, -0.2) is 28.5 Å². The third-order valence-electron chi connectivity index (χ3n) is 6.86.